The fourth-order valence-electron chi connectivity index (χ4n) is 1.29. The Morgan fingerprint density at radius 2 is 2.00 bits per heavy atom. The lowest BCUT2D eigenvalue weighted by atomic mass is 9.93. The number of amides is 1. The Hall–Kier alpha value is -1.57. The van der Waals surface area contributed by atoms with Crippen LogP contribution in [0.2, 0.25) is 0 Å². The fraction of sp³-hybridized carbons (Fsp3) is 0.727. The Morgan fingerprint density at radius 1 is 1.50 bits per heavy atom. The van der Waals surface area contributed by atoms with Gasteiger partial charge in [0.15, 0.2) is 0 Å². The summed E-state index contributed by atoms with van der Waals surface area (Å²) in [6.45, 7) is 5.02. The van der Waals surface area contributed by atoms with Crippen LogP contribution in [0.15, 0.2) is 0 Å². The molecular weight excluding hydrogens is 208 g/mol. The Morgan fingerprint density at radius 3 is 2.38 bits per heavy atom. The third-order valence-electron chi connectivity index (χ3n) is 2.31. The maximum Gasteiger partial charge on any atom is 0.310 e. The number of methoxy groups -OCH3 is 1. The van der Waals surface area contributed by atoms with Crippen LogP contribution in [0.25, 0.3) is 0 Å². The van der Waals surface area contributed by atoms with Crippen LogP contribution < -0.4 is 0 Å². The number of nitriles is 1. The third kappa shape index (κ3) is 3.54. The summed E-state index contributed by atoms with van der Waals surface area (Å²) in [7, 11) is 2.88. The summed E-state index contributed by atoms with van der Waals surface area (Å²) in [6, 6.07) is 1.93. The Bertz CT molecular complexity index is 318. The van der Waals surface area contributed by atoms with E-state index in [1.807, 2.05) is 6.07 Å². The lowest BCUT2D eigenvalue weighted by Crippen LogP contribution is -2.41. The van der Waals surface area contributed by atoms with Gasteiger partial charge >= 0.3 is 5.97 Å². The van der Waals surface area contributed by atoms with Crippen LogP contribution in [0.3, 0.4) is 0 Å². The van der Waals surface area contributed by atoms with Crippen molar-refractivity contribution >= 4 is 11.9 Å². The van der Waals surface area contributed by atoms with Crippen molar-refractivity contribution < 1.29 is 14.3 Å². The van der Waals surface area contributed by atoms with E-state index in [0.29, 0.717) is 0 Å². The van der Waals surface area contributed by atoms with Crippen molar-refractivity contribution in [3.05, 3.63) is 0 Å². The van der Waals surface area contributed by atoms with Crippen LogP contribution in [-0.2, 0) is 14.3 Å². The van der Waals surface area contributed by atoms with Gasteiger partial charge in [0.1, 0.15) is 5.41 Å². The zero-order chi connectivity index (χ0) is 12.9. The molecule has 0 aromatic rings. The number of hydrogen-bond donors (Lipinski definition) is 0. The number of carbonyl (C=O) groups is 2. The van der Waals surface area contributed by atoms with Crippen LogP contribution in [0.5, 0.6) is 0 Å². The van der Waals surface area contributed by atoms with E-state index in [4.69, 9.17) is 5.26 Å². The number of ether oxygens (including phenoxy) is 1. The molecule has 90 valence electrons. The van der Waals surface area contributed by atoms with Gasteiger partial charge in [0, 0.05) is 13.6 Å². The van der Waals surface area contributed by atoms with Gasteiger partial charge in [-0.1, -0.05) is 6.92 Å². The lowest BCUT2D eigenvalue weighted by molar-refractivity contribution is -0.147. The lowest BCUT2D eigenvalue weighted by Gasteiger charge is -2.25. The molecule has 0 aromatic heterocycles. The summed E-state index contributed by atoms with van der Waals surface area (Å²) < 4.78 is 4.56. The van der Waals surface area contributed by atoms with Gasteiger partial charge in [-0.05, 0) is 13.8 Å². The van der Waals surface area contributed by atoms with E-state index in [0.717, 1.165) is 0 Å². The van der Waals surface area contributed by atoms with Gasteiger partial charge < -0.3 is 9.64 Å². The van der Waals surface area contributed by atoms with Gasteiger partial charge in [0.2, 0.25) is 5.91 Å². The van der Waals surface area contributed by atoms with Crippen molar-refractivity contribution in [1.82, 2.24) is 4.90 Å². The molecule has 1 atom stereocenters. The summed E-state index contributed by atoms with van der Waals surface area (Å²) in [5, 5.41) is 8.81. The molecule has 1 amide bonds. The van der Waals surface area contributed by atoms with Crippen molar-refractivity contribution in [1.29, 1.82) is 5.26 Å². The van der Waals surface area contributed by atoms with Crippen molar-refractivity contribution in [2.24, 2.45) is 11.3 Å². The van der Waals surface area contributed by atoms with E-state index >= 15 is 0 Å². The van der Waals surface area contributed by atoms with E-state index in [1.165, 1.54) is 12.0 Å². The molecule has 16 heavy (non-hydrogen) atoms. The summed E-state index contributed by atoms with van der Waals surface area (Å²) in [5.74, 6) is -1.06. The van der Waals surface area contributed by atoms with Crippen molar-refractivity contribution in [3.8, 4) is 6.07 Å². The van der Waals surface area contributed by atoms with Gasteiger partial charge in [0.25, 0.3) is 0 Å². The monoisotopic (exact) mass is 226 g/mol. The van der Waals surface area contributed by atoms with E-state index in [1.54, 1.807) is 27.8 Å². The predicted octanol–water partition coefficient (Wildman–Crippen LogP) is 0.804. The molecule has 0 saturated heterocycles. The standard InChI is InChI=1S/C11H18N2O3/c1-8(9(14)16-5)6-13(4)10(15)11(2,3)7-12/h8H,6H2,1-5H3. The van der Waals surface area contributed by atoms with Gasteiger partial charge in [-0.15, -0.1) is 0 Å². The molecule has 5 nitrogen and oxygen atoms in total. The maximum absolute atomic E-state index is 11.8. The zero-order valence-electron chi connectivity index (χ0n) is 10.4. The van der Waals surface area contributed by atoms with Gasteiger partial charge in [-0.2, -0.15) is 5.26 Å². The van der Waals surface area contributed by atoms with Gasteiger partial charge in [-0.3, -0.25) is 9.59 Å². The smallest absolute Gasteiger partial charge is 0.310 e. The van der Waals surface area contributed by atoms with Crippen molar-refractivity contribution in [2.45, 2.75) is 20.8 Å². The topological polar surface area (TPSA) is 70.4 Å². The largest absolute Gasteiger partial charge is 0.469 e. The van der Waals surface area contributed by atoms with E-state index in [9.17, 15) is 9.59 Å². The van der Waals surface area contributed by atoms with E-state index < -0.39 is 11.3 Å². The first-order valence-electron chi connectivity index (χ1n) is 5.01. The predicted molar refractivity (Wildman–Crippen MR) is 58.2 cm³/mol. The minimum Gasteiger partial charge on any atom is -0.469 e. The molecule has 0 fully saturated rings. The van der Waals surface area contributed by atoms with Crippen molar-refractivity contribution in [3.63, 3.8) is 0 Å². The Kier molecular flexibility index (Phi) is 4.96. The highest BCUT2D eigenvalue weighted by Crippen LogP contribution is 2.17. The molecule has 5 heteroatoms. The minimum atomic E-state index is -1.06. The van der Waals surface area contributed by atoms with Gasteiger partial charge in [-0.25, -0.2) is 0 Å². The highest BCUT2D eigenvalue weighted by molar-refractivity contribution is 5.85. The molecule has 0 saturated carbocycles. The normalized spacial score (nSPS) is 12.5. The molecule has 0 rings (SSSR count). The SMILES string of the molecule is COC(=O)C(C)CN(C)C(=O)C(C)(C)C#N. The first-order chi connectivity index (χ1) is 7.26. The minimum absolute atomic E-state index is 0.247. The molecule has 0 aromatic carbocycles. The van der Waals surface area contributed by atoms with Gasteiger partial charge in [0.05, 0.1) is 19.1 Å². The molecule has 0 heterocycles. The fourth-order valence-corrected chi connectivity index (χ4v) is 1.29. The first kappa shape index (κ1) is 14.4. The molecule has 0 aliphatic heterocycles. The molecule has 0 bridgehead atoms. The first-order valence-corrected chi connectivity index (χ1v) is 5.01. The summed E-state index contributed by atoms with van der Waals surface area (Å²) in [5.41, 5.74) is -1.06. The van der Waals surface area contributed by atoms with Crippen LogP contribution in [0.4, 0.5) is 0 Å². The second-order valence-electron chi connectivity index (χ2n) is 4.35. The number of rotatable bonds is 4. The Labute approximate surface area is 96.0 Å². The number of carbonyl (C=O) groups excluding carboxylic acids is 2. The third-order valence-corrected chi connectivity index (χ3v) is 2.31. The maximum atomic E-state index is 11.8. The van der Waals surface area contributed by atoms with Crippen LogP contribution in [0.1, 0.15) is 20.8 Å². The van der Waals surface area contributed by atoms with E-state index in [-0.39, 0.29) is 18.4 Å². The average molecular weight is 226 g/mol. The molecule has 0 N–H and O–H groups in total. The number of hydrogen-bond acceptors (Lipinski definition) is 4. The molecule has 0 aliphatic rings. The molecule has 0 aliphatic carbocycles. The highest BCUT2D eigenvalue weighted by atomic mass is 16.5. The van der Waals surface area contributed by atoms with Crippen molar-refractivity contribution in [2.75, 3.05) is 20.7 Å². The highest BCUT2D eigenvalue weighted by Gasteiger charge is 2.31. The average Bonchev–Trinajstić information content (AvgIpc) is 2.26. The second kappa shape index (κ2) is 5.50. The van der Waals surface area contributed by atoms with E-state index in [2.05, 4.69) is 4.74 Å². The summed E-state index contributed by atoms with van der Waals surface area (Å²) >= 11 is 0. The quantitative estimate of drug-likeness (QED) is 0.665. The zero-order valence-corrected chi connectivity index (χ0v) is 10.4. The molecular formula is C11H18N2O3. The molecule has 0 spiro atoms. The van der Waals surface area contributed by atoms with Crippen LogP contribution >= 0.6 is 0 Å². The summed E-state index contributed by atoms with van der Waals surface area (Å²) in [4.78, 5) is 24.3. The van der Waals surface area contributed by atoms with Crippen LogP contribution in [0, 0.1) is 22.7 Å². The Balaban J connectivity index is 4.50. The summed E-state index contributed by atoms with van der Waals surface area (Å²) in [6.07, 6.45) is 0. The molecule has 0 radical (unpaired) electrons. The second-order valence-corrected chi connectivity index (χ2v) is 4.35. The number of nitrogens with zero attached hydrogens (tertiary/aromatic N) is 2. The van der Waals surface area contributed by atoms with Crippen LogP contribution in [-0.4, -0.2) is 37.5 Å². The number of esters is 1. The molecule has 1 unspecified atom stereocenters.